The van der Waals surface area contributed by atoms with Crippen LogP contribution in [-0.4, -0.2) is 49.9 Å². The lowest BCUT2D eigenvalue weighted by atomic mass is 10.0. The molecule has 1 aromatic heterocycles. The van der Waals surface area contributed by atoms with Crippen LogP contribution in [0.1, 0.15) is 44.4 Å². The molecule has 0 aromatic carbocycles. The first-order valence-electron chi connectivity index (χ1n) is 8.51. The van der Waals surface area contributed by atoms with Crippen LogP contribution in [0.5, 0.6) is 0 Å². The quantitative estimate of drug-likeness (QED) is 0.796. The van der Waals surface area contributed by atoms with E-state index in [1.54, 1.807) is 14.9 Å². The Morgan fingerprint density at radius 1 is 1.30 bits per heavy atom. The van der Waals surface area contributed by atoms with Crippen molar-refractivity contribution in [1.82, 2.24) is 8.61 Å². The van der Waals surface area contributed by atoms with E-state index in [1.807, 2.05) is 19.1 Å². The van der Waals surface area contributed by atoms with Crippen molar-refractivity contribution in [3.63, 3.8) is 0 Å². The molecular weight excluding hydrogens is 316 g/mol. The summed E-state index contributed by atoms with van der Waals surface area (Å²) in [5.41, 5.74) is 0. The van der Waals surface area contributed by atoms with Gasteiger partial charge in [-0.1, -0.05) is 0 Å². The number of piperidine rings is 1. The number of furan rings is 1. The van der Waals surface area contributed by atoms with Crippen molar-refractivity contribution in [3.05, 3.63) is 24.2 Å². The summed E-state index contributed by atoms with van der Waals surface area (Å²) in [6.45, 7) is 5.02. The van der Waals surface area contributed by atoms with Crippen molar-refractivity contribution in [1.29, 1.82) is 0 Å². The Kier molecular flexibility index (Phi) is 5.41. The maximum atomic E-state index is 13.1. The second-order valence-corrected chi connectivity index (χ2v) is 8.20. The first-order chi connectivity index (χ1) is 11.1. The number of nitrogens with zero attached hydrogens (tertiary/aromatic N) is 2. The summed E-state index contributed by atoms with van der Waals surface area (Å²) in [5.74, 6) is 1.04. The maximum absolute atomic E-state index is 13.1. The average Bonchev–Trinajstić information content (AvgIpc) is 3.23. The molecular formula is C16H26N2O4S. The molecule has 2 aliphatic rings. The first-order valence-corrected chi connectivity index (χ1v) is 9.90. The standard InChI is InChI=1S/C16H26N2O4S/c1-2-21-13-14-6-3-9-17(12-14)23(19,20)18-10-4-7-15(18)16-8-5-11-22-16/h5,8,11,14-15H,2-4,6-7,9-10,12-13H2,1H3/t14-,15+/m1/s1. The van der Waals surface area contributed by atoms with Gasteiger partial charge < -0.3 is 9.15 Å². The summed E-state index contributed by atoms with van der Waals surface area (Å²) >= 11 is 0. The zero-order valence-electron chi connectivity index (χ0n) is 13.7. The molecule has 2 saturated heterocycles. The highest BCUT2D eigenvalue weighted by Crippen LogP contribution is 2.36. The van der Waals surface area contributed by atoms with E-state index in [4.69, 9.17) is 9.15 Å². The molecule has 0 amide bonds. The highest BCUT2D eigenvalue weighted by molar-refractivity contribution is 7.86. The van der Waals surface area contributed by atoms with E-state index in [9.17, 15) is 8.42 Å². The smallest absolute Gasteiger partial charge is 0.282 e. The number of ether oxygens (including phenoxy) is 1. The maximum Gasteiger partial charge on any atom is 0.282 e. The van der Waals surface area contributed by atoms with E-state index in [1.165, 1.54) is 0 Å². The first kappa shape index (κ1) is 17.0. The lowest BCUT2D eigenvalue weighted by Gasteiger charge is -2.35. The summed E-state index contributed by atoms with van der Waals surface area (Å²) in [6.07, 6.45) is 5.24. The molecule has 7 heteroatoms. The fourth-order valence-electron chi connectivity index (χ4n) is 3.59. The largest absolute Gasteiger partial charge is 0.468 e. The van der Waals surface area contributed by atoms with E-state index in [0.29, 0.717) is 38.8 Å². The molecule has 0 aliphatic carbocycles. The van der Waals surface area contributed by atoms with Gasteiger partial charge in [-0.25, -0.2) is 0 Å². The summed E-state index contributed by atoms with van der Waals surface area (Å²) in [4.78, 5) is 0. The summed E-state index contributed by atoms with van der Waals surface area (Å²) in [6, 6.07) is 3.52. The Balaban J connectivity index is 1.72. The third-order valence-electron chi connectivity index (χ3n) is 4.74. The second-order valence-electron chi connectivity index (χ2n) is 6.32. The van der Waals surface area contributed by atoms with E-state index in [2.05, 4.69) is 0 Å². The molecule has 0 bridgehead atoms. The molecule has 130 valence electrons. The van der Waals surface area contributed by atoms with Crippen molar-refractivity contribution in [2.24, 2.45) is 5.92 Å². The summed E-state index contributed by atoms with van der Waals surface area (Å²) in [7, 11) is -3.44. The van der Waals surface area contributed by atoms with Gasteiger partial charge in [0.05, 0.1) is 18.9 Å². The van der Waals surface area contributed by atoms with Gasteiger partial charge in [0, 0.05) is 26.2 Å². The lowest BCUT2D eigenvalue weighted by molar-refractivity contribution is 0.0848. The molecule has 2 aliphatic heterocycles. The molecule has 23 heavy (non-hydrogen) atoms. The SMILES string of the molecule is CCOC[C@@H]1CCCN(S(=O)(=O)N2CCC[C@H]2c2ccco2)C1. The second kappa shape index (κ2) is 7.34. The highest BCUT2D eigenvalue weighted by Gasteiger charge is 2.41. The lowest BCUT2D eigenvalue weighted by Crippen LogP contribution is -2.48. The van der Waals surface area contributed by atoms with E-state index in [-0.39, 0.29) is 6.04 Å². The van der Waals surface area contributed by atoms with Gasteiger partial charge in [-0.3, -0.25) is 0 Å². The molecule has 0 unspecified atom stereocenters. The number of rotatable bonds is 6. The Bertz CT molecular complexity index is 587. The molecule has 3 heterocycles. The van der Waals surface area contributed by atoms with Crippen LogP contribution in [0.4, 0.5) is 0 Å². The Morgan fingerprint density at radius 3 is 2.87 bits per heavy atom. The highest BCUT2D eigenvalue weighted by atomic mass is 32.2. The van der Waals surface area contributed by atoms with Gasteiger partial charge in [-0.2, -0.15) is 17.0 Å². The molecule has 6 nitrogen and oxygen atoms in total. The molecule has 0 saturated carbocycles. The third kappa shape index (κ3) is 3.63. The van der Waals surface area contributed by atoms with Crippen LogP contribution in [0.2, 0.25) is 0 Å². The van der Waals surface area contributed by atoms with Gasteiger partial charge in [-0.05, 0) is 50.7 Å². The summed E-state index contributed by atoms with van der Waals surface area (Å²) < 4.78 is 40.4. The normalized spacial score (nSPS) is 27.5. The van der Waals surface area contributed by atoms with Gasteiger partial charge in [0.2, 0.25) is 0 Å². The van der Waals surface area contributed by atoms with Crippen LogP contribution in [-0.2, 0) is 14.9 Å². The molecule has 3 rings (SSSR count). The Morgan fingerprint density at radius 2 is 2.13 bits per heavy atom. The molecule has 0 N–H and O–H groups in total. The van der Waals surface area contributed by atoms with Gasteiger partial charge in [-0.15, -0.1) is 0 Å². The molecule has 0 spiro atoms. The minimum absolute atomic E-state index is 0.165. The van der Waals surface area contributed by atoms with Crippen LogP contribution in [0.15, 0.2) is 22.8 Å². The van der Waals surface area contributed by atoms with E-state index >= 15 is 0 Å². The number of hydrogen-bond donors (Lipinski definition) is 0. The average molecular weight is 342 g/mol. The molecule has 2 fully saturated rings. The van der Waals surface area contributed by atoms with Crippen molar-refractivity contribution >= 4 is 10.2 Å². The van der Waals surface area contributed by atoms with Gasteiger partial charge in [0.1, 0.15) is 5.76 Å². The van der Waals surface area contributed by atoms with E-state index < -0.39 is 10.2 Å². The van der Waals surface area contributed by atoms with Gasteiger partial charge >= 0.3 is 0 Å². The minimum Gasteiger partial charge on any atom is -0.468 e. The van der Waals surface area contributed by atoms with Crippen LogP contribution in [0, 0.1) is 5.92 Å². The number of hydrogen-bond acceptors (Lipinski definition) is 4. The Labute approximate surface area is 138 Å². The molecule has 1 aromatic rings. The van der Waals surface area contributed by atoms with Crippen LogP contribution in [0.3, 0.4) is 0 Å². The van der Waals surface area contributed by atoms with Gasteiger partial charge in [0.25, 0.3) is 10.2 Å². The zero-order valence-corrected chi connectivity index (χ0v) is 14.5. The third-order valence-corrected chi connectivity index (χ3v) is 6.75. The summed E-state index contributed by atoms with van der Waals surface area (Å²) in [5, 5.41) is 0. The van der Waals surface area contributed by atoms with Crippen LogP contribution < -0.4 is 0 Å². The van der Waals surface area contributed by atoms with Crippen molar-refractivity contribution in [2.45, 2.75) is 38.6 Å². The van der Waals surface area contributed by atoms with Gasteiger partial charge in [0.15, 0.2) is 0 Å². The van der Waals surface area contributed by atoms with E-state index in [0.717, 1.165) is 31.4 Å². The fourth-order valence-corrected chi connectivity index (χ4v) is 5.53. The Hall–Kier alpha value is -0.890. The predicted molar refractivity (Wildman–Crippen MR) is 87.1 cm³/mol. The zero-order chi connectivity index (χ0) is 16.3. The van der Waals surface area contributed by atoms with Crippen molar-refractivity contribution in [2.75, 3.05) is 32.8 Å². The van der Waals surface area contributed by atoms with Crippen LogP contribution >= 0.6 is 0 Å². The minimum atomic E-state index is -3.44. The molecule has 2 atom stereocenters. The monoisotopic (exact) mass is 342 g/mol. The topological polar surface area (TPSA) is 63.0 Å². The van der Waals surface area contributed by atoms with Crippen molar-refractivity contribution in [3.8, 4) is 0 Å². The predicted octanol–water partition coefficient (Wildman–Crippen LogP) is 2.41. The fraction of sp³-hybridized carbons (Fsp3) is 0.750. The molecule has 0 radical (unpaired) electrons. The van der Waals surface area contributed by atoms with Crippen LogP contribution in [0.25, 0.3) is 0 Å². The van der Waals surface area contributed by atoms with Crippen molar-refractivity contribution < 1.29 is 17.6 Å².